The van der Waals surface area contributed by atoms with Crippen molar-refractivity contribution >= 4 is 17.8 Å². The average Bonchev–Trinajstić information content (AvgIpc) is 2.81. The number of carbonyl (C=O) groups excluding carboxylic acids is 2. The summed E-state index contributed by atoms with van der Waals surface area (Å²) >= 11 is 0. The highest BCUT2D eigenvalue weighted by Gasteiger charge is 2.43. The Morgan fingerprint density at radius 2 is 1.48 bits per heavy atom. The molecule has 25 heavy (non-hydrogen) atoms. The summed E-state index contributed by atoms with van der Waals surface area (Å²) in [7, 11) is 0. The molecule has 0 saturated heterocycles. The van der Waals surface area contributed by atoms with Gasteiger partial charge in [0.05, 0.1) is 11.1 Å². The van der Waals surface area contributed by atoms with Gasteiger partial charge in [-0.25, -0.2) is 18.0 Å². The first-order chi connectivity index (χ1) is 11.8. The van der Waals surface area contributed by atoms with E-state index in [0.29, 0.717) is 11.0 Å². The molecule has 0 saturated carbocycles. The lowest BCUT2D eigenvalue weighted by atomic mass is 10.0. The Balaban J connectivity index is 1.99. The van der Waals surface area contributed by atoms with Crippen LogP contribution in [0.1, 0.15) is 26.3 Å². The second kappa shape index (κ2) is 6.04. The van der Waals surface area contributed by atoms with E-state index in [9.17, 15) is 32.7 Å². The molecule has 2 aromatic carbocycles. The molecular weight excluding hydrogens is 339 g/mol. The molecule has 1 N–H and O–H groups in total. The second-order valence-corrected chi connectivity index (χ2v) is 5.44. The van der Waals surface area contributed by atoms with Crippen LogP contribution in [0.2, 0.25) is 0 Å². The topological polar surface area (TPSA) is 74.7 Å². The van der Waals surface area contributed by atoms with E-state index in [1.54, 1.807) is 0 Å². The molecule has 0 bridgehead atoms. The van der Waals surface area contributed by atoms with E-state index in [0.717, 1.165) is 0 Å². The molecule has 1 heterocycles. The van der Waals surface area contributed by atoms with Crippen molar-refractivity contribution in [1.82, 2.24) is 4.90 Å². The average molecular weight is 349 g/mol. The van der Waals surface area contributed by atoms with Gasteiger partial charge in [-0.3, -0.25) is 14.5 Å². The number of benzene rings is 2. The summed E-state index contributed by atoms with van der Waals surface area (Å²) in [5.41, 5.74) is -0.392. The SMILES string of the molecule is O=C(O)[C@H](Cc1cc(F)c(F)cc1F)N1C(=O)c2ccccc2C1=O. The smallest absolute Gasteiger partial charge is 0.327 e. The third-order valence-electron chi connectivity index (χ3n) is 3.92. The minimum absolute atomic E-state index is 0.0320. The number of imide groups is 1. The van der Waals surface area contributed by atoms with Gasteiger partial charge in [-0.15, -0.1) is 0 Å². The Bertz CT molecular complexity index is 878. The molecular formula is C17H10F3NO4. The fourth-order valence-electron chi connectivity index (χ4n) is 2.71. The molecule has 1 aliphatic heterocycles. The van der Waals surface area contributed by atoms with E-state index in [1.807, 2.05) is 0 Å². The van der Waals surface area contributed by atoms with Crippen molar-refractivity contribution < 1.29 is 32.7 Å². The van der Waals surface area contributed by atoms with Crippen LogP contribution in [0, 0.1) is 17.5 Å². The summed E-state index contributed by atoms with van der Waals surface area (Å²) in [4.78, 5) is 36.8. The quantitative estimate of drug-likeness (QED) is 0.679. The summed E-state index contributed by atoms with van der Waals surface area (Å²) < 4.78 is 40.1. The Hall–Kier alpha value is -3.16. The molecule has 2 aromatic rings. The highest BCUT2D eigenvalue weighted by Crippen LogP contribution is 2.27. The van der Waals surface area contributed by atoms with Crippen LogP contribution in [-0.4, -0.2) is 33.8 Å². The van der Waals surface area contributed by atoms with Crippen LogP contribution in [0.3, 0.4) is 0 Å². The minimum atomic E-state index is -1.76. The van der Waals surface area contributed by atoms with Crippen molar-refractivity contribution in [3.8, 4) is 0 Å². The number of hydrogen-bond acceptors (Lipinski definition) is 3. The zero-order chi connectivity index (χ0) is 18.3. The molecule has 0 spiro atoms. The second-order valence-electron chi connectivity index (χ2n) is 5.44. The van der Waals surface area contributed by atoms with Crippen molar-refractivity contribution in [2.75, 3.05) is 0 Å². The van der Waals surface area contributed by atoms with Gasteiger partial charge in [0, 0.05) is 12.5 Å². The van der Waals surface area contributed by atoms with Gasteiger partial charge in [-0.1, -0.05) is 12.1 Å². The van der Waals surface area contributed by atoms with Crippen LogP contribution in [0.5, 0.6) is 0 Å². The Morgan fingerprint density at radius 3 is 2.00 bits per heavy atom. The maximum atomic E-state index is 13.8. The number of carboxylic acid groups (broad SMARTS) is 1. The molecule has 3 rings (SSSR count). The fourth-order valence-corrected chi connectivity index (χ4v) is 2.71. The maximum absolute atomic E-state index is 13.8. The van der Waals surface area contributed by atoms with Gasteiger partial charge in [0.2, 0.25) is 0 Å². The summed E-state index contributed by atoms with van der Waals surface area (Å²) in [6.45, 7) is 0. The number of nitrogens with zero attached hydrogens (tertiary/aromatic N) is 1. The number of amides is 2. The molecule has 0 fully saturated rings. The third-order valence-corrected chi connectivity index (χ3v) is 3.92. The first kappa shape index (κ1) is 16.7. The van der Waals surface area contributed by atoms with E-state index in [-0.39, 0.29) is 17.2 Å². The van der Waals surface area contributed by atoms with Crippen LogP contribution in [0.4, 0.5) is 13.2 Å². The van der Waals surface area contributed by atoms with E-state index >= 15 is 0 Å². The standard InChI is InChI=1S/C17H10F3NO4/c18-11-7-13(20)12(19)5-8(11)6-14(17(24)25)21-15(22)9-3-1-2-4-10(9)16(21)23/h1-5,7,14H,6H2,(H,24,25)/t14-/m0/s1. The van der Waals surface area contributed by atoms with E-state index in [1.165, 1.54) is 24.3 Å². The summed E-state index contributed by atoms with van der Waals surface area (Å²) in [6, 6.07) is 4.80. The molecule has 1 atom stereocenters. The zero-order valence-corrected chi connectivity index (χ0v) is 12.5. The molecule has 0 unspecified atom stereocenters. The van der Waals surface area contributed by atoms with Crippen LogP contribution in [-0.2, 0) is 11.2 Å². The number of hydrogen-bond donors (Lipinski definition) is 1. The lowest BCUT2D eigenvalue weighted by Gasteiger charge is -2.22. The van der Waals surface area contributed by atoms with Crippen LogP contribution >= 0.6 is 0 Å². The lowest BCUT2D eigenvalue weighted by Crippen LogP contribution is -2.46. The van der Waals surface area contributed by atoms with Gasteiger partial charge >= 0.3 is 5.97 Å². The van der Waals surface area contributed by atoms with Crippen molar-refractivity contribution in [3.63, 3.8) is 0 Å². The predicted molar refractivity (Wildman–Crippen MR) is 78.4 cm³/mol. The summed E-state index contributed by atoms with van der Waals surface area (Å²) in [5.74, 6) is -7.19. The zero-order valence-electron chi connectivity index (χ0n) is 12.5. The number of rotatable bonds is 4. The lowest BCUT2D eigenvalue weighted by molar-refractivity contribution is -0.141. The van der Waals surface area contributed by atoms with Crippen molar-refractivity contribution in [1.29, 1.82) is 0 Å². The molecule has 2 amide bonds. The fraction of sp³-hybridized carbons (Fsp3) is 0.118. The monoisotopic (exact) mass is 349 g/mol. The molecule has 128 valence electrons. The summed E-state index contributed by atoms with van der Waals surface area (Å²) in [5, 5.41) is 9.39. The molecule has 0 radical (unpaired) electrons. The number of aliphatic carboxylic acids is 1. The molecule has 0 aliphatic carbocycles. The Labute approximate surface area is 139 Å². The molecule has 8 heteroatoms. The normalized spacial score (nSPS) is 14.6. The van der Waals surface area contributed by atoms with Gasteiger partial charge in [-0.2, -0.15) is 0 Å². The van der Waals surface area contributed by atoms with Crippen molar-refractivity contribution in [2.45, 2.75) is 12.5 Å². The number of fused-ring (bicyclic) bond motifs is 1. The van der Waals surface area contributed by atoms with Gasteiger partial charge in [0.25, 0.3) is 11.8 Å². The molecule has 1 aliphatic rings. The number of carbonyl (C=O) groups is 3. The highest BCUT2D eigenvalue weighted by molar-refractivity contribution is 6.22. The Morgan fingerprint density at radius 1 is 0.960 bits per heavy atom. The van der Waals surface area contributed by atoms with Crippen LogP contribution in [0.25, 0.3) is 0 Å². The van der Waals surface area contributed by atoms with Crippen molar-refractivity contribution in [2.24, 2.45) is 0 Å². The minimum Gasteiger partial charge on any atom is -0.480 e. The number of carboxylic acids is 1. The first-order valence-electron chi connectivity index (χ1n) is 7.14. The van der Waals surface area contributed by atoms with E-state index in [2.05, 4.69) is 0 Å². The van der Waals surface area contributed by atoms with Crippen molar-refractivity contribution in [3.05, 3.63) is 70.5 Å². The van der Waals surface area contributed by atoms with Crippen LogP contribution in [0.15, 0.2) is 36.4 Å². The van der Waals surface area contributed by atoms with E-state index in [4.69, 9.17) is 0 Å². The van der Waals surface area contributed by atoms with E-state index < -0.39 is 53.3 Å². The van der Waals surface area contributed by atoms with Gasteiger partial charge in [-0.05, 0) is 23.8 Å². The van der Waals surface area contributed by atoms with Gasteiger partial charge < -0.3 is 5.11 Å². The first-order valence-corrected chi connectivity index (χ1v) is 7.14. The van der Waals surface area contributed by atoms with Gasteiger partial charge in [0.15, 0.2) is 11.6 Å². The number of halogens is 3. The van der Waals surface area contributed by atoms with Crippen LogP contribution < -0.4 is 0 Å². The summed E-state index contributed by atoms with van der Waals surface area (Å²) in [6.07, 6.45) is -0.691. The predicted octanol–water partition coefficient (Wildman–Crippen LogP) is 2.40. The third kappa shape index (κ3) is 2.75. The largest absolute Gasteiger partial charge is 0.480 e. The molecule has 0 aromatic heterocycles. The van der Waals surface area contributed by atoms with Gasteiger partial charge in [0.1, 0.15) is 11.9 Å². The molecule has 5 nitrogen and oxygen atoms in total. The Kier molecular flexibility index (Phi) is 4.03. The maximum Gasteiger partial charge on any atom is 0.327 e. The highest BCUT2D eigenvalue weighted by atomic mass is 19.2.